The summed E-state index contributed by atoms with van der Waals surface area (Å²) in [4.78, 5) is 0. The first-order valence-corrected chi connectivity index (χ1v) is 6.02. The highest BCUT2D eigenvalue weighted by atomic mass is 14.9. The Bertz CT molecular complexity index is 86.1. The fourth-order valence-electron chi connectivity index (χ4n) is 1.35. The van der Waals surface area contributed by atoms with E-state index in [1.807, 2.05) is 0 Å². The molecule has 0 aromatic heterocycles. The normalized spacial score (nSPS) is 10.7. The molecule has 4 nitrogen and oxygen atoms in total. The average molecular weight is 205 g/mol. The van der Waals surface area contributed by atoms with Crippen LogP contribution in [0.1, 0.15) is 25.7 Å². The van der Waals surface area contributed by atoms with Gasteiger partial charge in [-0.05, 0) is 19.4 Å². The zero-order valence-corrected chi connectivity index (χ0v) is 9.56. The highest BCUT2D eigenvalue weighted by molar-refractivity contribution is 4.46. The molecule has 0 heterocycles. The highest BCUT2D eigenvalue weighted by Crippen LogP contribution is 1.81. The second-order valence-electron chi connectivity index (χ2n) is 3.74. The number of quaternary nitrogens is 3. The van der Waals surface area contributed by atoms with Crippen LogP contribution in [-0.4, -0.2) is 39.3 Å². The van der Waals surface area contributed by atoms with E-state index in [9.17, 15) is 0 Å². The van der Waals surface area contributed by atoms with E-state index in [2.05, 4.69) is 22.1 Å². The Morgan fingerprint density at radius 2 is 1.43 bits per heavy atom. The van der Waals surface area contributed by atoms with Gasteiger partial charge in [-0.15, -0.1) is 0 Å². The molecule has 0 saturated heterocycles. The van der Waals surface area contributed by atoms with E-state index >= 15 is 0 Å². The molecule has 0 radical (unpaired) electrons. The molecule has 9 N–H and O–H groups in total. The first-order chi connectivity index (χ1) is 6.91. The monoisotopic (exact) mass is 205 g/mol. The predicted octanol–water partition coefficient (Wildman–Crippen LogP) is -2.82. The molecule has 0 unspecified atom stereocenters. The molecule has 0 atom stereocenters. The fourth-order valence-corrected chi connectivity index (χ4v) is 1.35. The Morgan fingerprint density at radius 3 is 2.14 bits per heavy atom. The summed E-state index contributed by atoms with van der Waals surface area (Å²) in [6, 6.07) is 0. The van der Waals surface area contributed by atoms with Gasteiger partial charge in [-0.3, -0.25) is 0 Å². The molecule has 4 heteroatoms. The summed E-state index contributed by atoms with van der Waals surface area (Å²) in [7, 11) is 0. The number of nitrogens with one attached hydrogen (secondary N) is 1. The van der Waals surface area contributed by atoms with Crippen LogP contribution in [0.25, 0.3) is 0 Å². The molecule has 0 aliphatic rings. The van der Waals surface area contributed by atoms with Gasteiger partial charge in [0.1, 0.15) is 0 Å². The van der Waals surface area contributed by atoms with Crippen LogP contribution in [0.15, 0.2) is 0 Å². The van der Waals surface area contributed by atoms with Crippen LogP contribution in [-0.2, 0) is 0 Å². The number of hydrogen-bond acceptors (Lipinski definition) is 1. The Balaban J connectivity index is 2.78. The fraction of sp³-hybridized carbons (Fsp3) is 1.00. The van der Waals surface area contributed by atoms with Gasteiger partial charge < -0.3 is 22.1 Å². The summed E-state index contributed by atoms with van der Waals surface area (Å²) < 4.78 is 0. The third-order valence-electron chi connectivity index (χ3n) is 2.27. The van der Waals surface area contributed by atoms with Crippen molar-refractivity contribution in [3.05, 3.63) is 0 Å². The van der Waals surface area contributed by atoms with Crippen LogP contribution in [0.5, 0.6) is 0 Å². The van der Waals surface area contributed by atoms with E-state index in [0.29, 0.717) is 0 Å². The first kappa shape index (κ1) is 13.8. The molecule has 0 aromatic rings. The maximum atomic E-state index is 3.83. The molecular weight excluding hydrogens is 176 g/mol. The largest absolute Gasteiger partial charge is 0.358 e. The van der Waals surface area contributed by atoms with Gasteiger partial charge in [-0.25, -0.2) is 0 Å². The summed E-state index contributed by atoms with van der Waals surface area (Å²) >= 11 is 0. The van der Waals surface area contributed by atoms with Gasteiger partial charge in [-0.1, -0.05) is 0 Å². The SMILES string of the molecule is [NH3+]CCCNCCCC[NH2+]CCC[NH3+]. The summed E-state index contributed by atoms with van der Waals surface area (Å²) in [6.07, 6.45) is 5.09. The summed E-state index contributed by atoms with van der Waals surface area (Å²) in [5.74, 6) is 0. The Hall–Kier alpha value is -0.160. The highest BCUT2D eigenvalue weighted by Gasteiger charge is 1.92. The Kier molecular flexibility index (Phi) is 12.7. The van der Waals surface area contributed by atoms with E-state index in [0.717, 1.165) is 19.6 Å². The van der Waals surface area contributed by atoms with E-state index in [-0.39, 0.29) is 0 Å². The summed E-state index contributed by atoms with van der Waals surface area (Å²) in [6.45, 7) is 6.95. The van der Waals surface area contributed by atoms with Crippen molar-refractivity contribution in [1.82, 2.24) is 5.32 Å². The van der Waals surface area contributed by atoms with E-state index < -0.39 is 0 Å². The van der Waals surface area contributed by atoms with Crippen LogP contribution in [0.4, 0.5) is 0 Å². The molecule has 0 aliphatic heterocycles. The van der Waals surface area contributed by atoms with Gasteiger partial charge in [-0.2, -0.15) is 0 Å². The maximum absolute atomic E-state index is 3.83. The van der Waals surface area contributed by atoms with Crippen molar-refractivity contribution in [2.24, 2.45) is 0 Å². The molecule has 0 spiro atoms. The van der Waals surface area contributed by atoms with Crippen molar-refractivity contribution in [2.75, 3.05) is 39.3 Å². The van der Waals surface area contributed by atoms with Crippen LogP contribution < -0.4 is 22.1 Å². The minimum atomic E-state index is 1.05. The van der Waals surface area contributed by atoms with Crippen LogP contribution in [0.2, 0.25) is 0 Å². The number of hydrogen-bond donors (Lipinski definition) is 4. The van der Waals surface area contributed by atoms with Gasteiger partial charge in [0.25, 0.3) is 0 Å². The molecular formula is C10H29N4+3. The lowest BCUT2D eigenvalue weighted by molar-refractivity contribution is -0.657. The molecule has 86 valence electrons. The lowest BCUT2D eigenvalue weighted by Gasteiger charge is -2.02. The van der Waals surface area contributed by atoms with E-state index in [4.69, 9.17) is 0 Å². The van der Waals surface area contributed by atoms with Gasteiger partial charge in [0, 0.05) is 19.4 Å². The Morgan fingerprint density at radius 1 is 0.786 bits per heavy atom. The molecule has 0 aromatic carbocycles. The van der Waals surface area contributed by atoms with Crippen molar-refractivity contribution in [2.45, 2.75) is 25.7 Å². The summed E-state index contributed by atoms with van der Waals surface area (Å²) in [5, 5.41) is 5.83. The van der Waals surface area contributed by atoms with Crippen molar-refractivity contribution < 1.29 is 16.8 Å². The molecule has 0 aliphatic carbocycles. The summed E-state index contributed by atoms with van der Waals surface area (Å²) in [5.41, 5.74) is 7.64. The molecule has 14 heavy (non-hydrogen) atoms. The minimum absolute atomic E-state index is 1.05. The third kappa shape index (κ3) is 11.8. The molecule has 0 saturated carbocycles. The van der Waals surface area contributed by atoms with Crippen molar-refractivity contribution in [3.63, 3.8) is 0 Å². The lowest BCUT2D eigenvalue weighted by Crippen LogP contribution is -2.84. The zero-order chi connectivity index (χ0) is 10.5. The lowest BCUT2D eigenvalue weighted by atomic mass is 10.3. The van der Waals surface area contributed by atoms with Gasteiger partial charge >= 0.3 is 0 Å². The molecule has 0 bridgehead atoms. The molecule has 0 rings (SSSR count). The van der Waals surface area contributed by atoms with E-state index in [1.165, 1.54) is 45.3 Å². The molecule has 0 amide bonds. The maximum Gasteiger partial charge on any atom is 0.0809 e. The standard InChI is InChI=1S/C10H26N4/c11-5-3-9-13-7-1-2-8-14-10-4-6-12/h13-14H,1-12H2/p+3. The number of nitrogens with two attached hydrogens (primary N) is 1. The van der Waals surface area contributed by atoms with Crippen LogP contribution in [0, 0.1) is 0 Å². The van der Waals surface area contributed by atoms with Crippen LogP contribution >= 0.6 is 0 Å². The van der Waals surface area contributed by atoms with Gasteiger partial charge in [0.05, 0.1) is 26.2 Å². The smallest absolute Gasteiger partial charge is 0.0809 e. The van der Waals surface area contributed by atoms with Gasteiger partial charge in [0.2, 0.25) is 0 Å². The second kappa shape index (κ2) is 12.8. The quantitative estimate of drug-likeness (QED) is 0.270. The van der Waals surface area contributed by atoms with E-state index in [1.54, 1.807) is 0 Å². The number of unbranched alkanes of at least 4 members (excludes halogenated alkanes) is 1. The predicted molar refractivity (Wildman–Crippen MR) is 58.5 cm³/mol. The molecule has 0 fully saturated rings. The topological polar surface area (TPSA) is 83.9 Å². The first-order valence-electron chi connectivity index (χ1n) is 6.02. The van der Waals surface area contributed by atoms with Crippen molar-refractivity contribution in [1.29, 1.82) is 0 Å². The van der Waals surface area contributed by atoms with Crippen molar-refractivity contribution >= 4 is 0 Å². The zero-order valence-electron chi connectivity index (χ0n) is 9.56. The van der Waals surface area contributed by atoms with Gasteiger partial charge in [0.15, 0.2) is 0 Å². The van der Waals surface area contributed by atoms with Crippen molar-refractivity contribution in [3.8, 4) is 0 Å². The van der Waals surface area contributed by atoms with Crippen LogP contribution in [0.3, 0.4) is 0 Å². The average Bonchev–Trinajstić information content (AvgIpc) is 2.21. The second-order valence-corrected chi connectivity index (χ2v) is 3.74. The number of rotatable bonds is 11. The Labute approximate surface area is 87.8 Å². The minimum Gasteiger partial charge on any atom is -0.358 e. The third-order valence-corrected chi connectivity index (χ3v) is 2.27.